The van der Waals surface area contributed by atoms with E-state index in [-0.39, 0.29) is 0 Å². The van der Waals surface area contributed by atoms with Crippen LogP contribution in [0.4, 0.5) is 0 Å². The molecule has 0 N–H and O–H groups in total. The zero-order valence-corrected chi connectivity index (χ0v) is 34.7. The van der Waals surface area contributed by atoms with Crippen molar-refractivity contribution in [2.24, 2.45) is 0 Å². The van der Waals surface area contributed by atoms with E-state index in [4.69, 9.17) is 15.0 Å². The highest BCUT2D eigenvalue weighted by Crippen LogP contribution is 2.43. The molecule has 0 amide bonds. The van der Waals surface area contributed by atoms with Crippen LogP contribution in [0.3, 0.4) is 0 Å². The van der Waals surface area contributed by atoms with Crippen LogP contribution < -0.4 is 0 Å². The normalized spacial score (nSPS) is 11.6. The average Bonchev–Trinajstić information content (AvgIpc) is 3.85. The molecule has 5 heteroatoms. The summed E-state index contributed by atoms with van der Waals surface area (Å²) in [6.07, 6.45) is 6.03. The summed E-state index contributed by atoms with van der Waals surface area (Å²) in [5.41, 5.74) is 15.0. The number of hydrogen-bond acceptors (Lipinski definition) is 3. The lowest BCUT2D eigenvalue weighted by Crippen LogP contribution is -2.08. The van der Waals surface area contributed by atoms with Gasteiger partial charge in [0.05, 0.1) is 22.2 Å². The largest absolute Gasteiger partial charge is 0.311 e. The molecule has 0 fully saturated rings. The Kier molecular flexibility index (Phi) is 9.48. The fourth-order valence-electron chi connectivity index (χ4n) is 9.09. The maximum atomic E-state index is 5.48. The highest BCUT2D eigenvalue weighted by atomic mass is 15.2. The summed E-state index contributed by atoms with van der Waals surface area (Å²) in [6, 6.07) is 70.2. The molecule has 0 saturated carbocycles. The highest BCUT2D eigenvalue weighted by molar-refractivity contribution is 6.19. The lowest BCUT2D eigenvalue weighted by Gasteiger charge is -2.17. The van der Waals surface area contributed by atoms with Crippen molar-refractivity contribution in [3.05, 3.63) is 230 Å². The summed E-state index contributed by atoms with van der Waals surface area (Å²) in [4.78, 5) is 16.1. The van der Waals surface area contributed by atoms with Crippen molar-refractivity contribution in [1.82, 2.24) is 24.1 Å². The Balaban J connectivity index is 1.22. The van der Waals surface area contributed by atoms with Crippen molar-refractivity contribution in [3.63, 3.8) is 0 Å². The van der Waals surface area contributed by atoms with Gasteiger partial charge in [-0.2, -0.15) is 9.97 Å². The van der Waals surface area contributed by atoms with Crippen LogP contribution in [0.25, 0.3) is 107 Å². The van der Waals surface area contributed by atoms with Gasteiger partial charge in [0.2, 0.25) is 5.95 Å². The summed E-state index contributed by atoms with van der Waals surface area (Å²) >= 11 is 0. The van der Waals surface area contributed by atoms with Crippen LogP contribution >= 0.6 is 0 Å². The monoisotopic (exact) mass is 807 g/mol. The zero-order valence-electron chi connectivity index (χ0n) is 34.7. The Morgan fingerprint density at radius 1 is 0.413 bits per heavy atom. The van der Waals surface area contributed by atoms with Gasteiger partial charge in [0, 0.05) is 44.1 Å². The first-order valence-corrected chi connectivity index (χ1v) is 21.2. The first kappa shape index (κ1) is 37.6. The van der Waals surface area contributed by atoms with Crippen LogP contribution in [0.15, 0.2) is 219 Å². The Morgan fingerprint density at radius 3 is 1.67 bits per heavy atom. The van der Waals surface area contributed by atoms with Crippen LogP contribution in [0.5, 0.6) is 0 Å². The van der Waals surface area contributed by atoms with Gasteiger partial charge < -0.3 is 4.57 Å². The van der Waals surface area contributed by atoms with Crippen molar-refractivity contribution in [3.8, 4) is 67.8 Å². The lowest BCUT2D eigenvalue weighted by molar-refractivity contribution is 0.952. The SMILES string of the molecule is C=C/C=C\c1c(C)n(-c2ccccc2-c2ccccc2)c2c1ccc1c3ccccc3n(-c3nc(-c4ccccc4)nc(-c4ccccc4-c4ccc(-c5ccccc5)cc4)n3)c12. The van der Waals surface area contributed by atoms with Gasteiger partial charge in [-0.05, 0) is 46.9 Å². The number of nitrogens with zero attached hydrogens (tertiary/aromatic N) is 5. The van der Waals surface area contributed by atoms with Crippen molar-refractivity contribution >= 4 is 38.8 Å². The summed E-state index contributed by atoms with van der Waals surface area (Å²) in [6.45, 7) is 6.23. The smallest absolute Gasteiger partial charge is 0.238 e. The van der Waals surface area contributed by atoms with Gasteiger partial charge in [0.1, 0.15) is 0 Å². The second-order valence-corrected chi connectivity index (χ2v) is 15.7. The topological polar surface area (TPSA) is 48.5 Å². The van der Waals surface area contributed by atoms with E-state index in [2.05, 4.69) is 205 Å². The molecule has 0 spiro atoms. The minimum atomic E-state index is 0.539. The third-order valence-electron chi connectivity index (χ3n) is 12.0. The van der Waals surface area contributed by atoms with Crippen LogP contribution in [0.2, 0.25) is 0 Å². The van der Waals surface area contributed by atoms with Crippen molar-refractivity contribution in [1.29, 1.82) is 0 Å². The molecule has 0 aliphatic rings. The fraction of sp³-hybridized carbons (Fsp3) is 0.0172. The van der Waals surface area contributed by atoms with Crippen LogP contribution in [0, 0.1) is 6.92 Å². The molecule has 0 unspecified atom stereocenters. The number of benzene rings is 8. The number of aromatic nitrogens is 5. The third-order valence-corrected chi connectivity index (χ3v) is 12.0. The molecule has 63 heavy (non-hydrogen) atoms. The van der Waals surface area contributed by atoms with E-state index in [0.717, 1.165) is 88.6 Å². The molecule has 298 valence electrons. The van der Waals surface area contributed by atoms with Crippen LogP contribution in [0.1, 0.15) is 11.3 Å². The number of hydrogen-bond donors (Lipinski definition) is 0. The Bertz CT molecular complexity index is 3510. The predicted octanol–water partition coefficient (Wildman–Crippen LogP) is 14.8. The second-order valence-electron chi connectivity index (χ2n) is 15.7. The standard InChI is InChI=1S/C58H41N5/c1-3-4-26-45-39(2)62(52-31-18-16-28-47(52)42-22-10-6-11-23-42)54-49(45)37-38-50-48-29-17-19-32-53(48)63(55(50)54)58-60-56(44-24-12-7-13-25-44)59-57(61-58)51-30-15-14-27-46(51)43-35-33-41(34-36-43)40-20-8-5-9-21-40/h3-38H,1H2,2H3/b26-4-. The molecule has 3 heterocycles. The van der Waals surface area contributed by atoms with Gasteiger partial charge in [-0.3, -0.25) is 4.57 Å². The molecular weight excluding hydrogens is 767 g/mol. The molecule has 0 radical (unpaired) electrons. The number of fused-ring (bicyclic) bond motifs is 5. The van der Waals surface area contributed by atoms with E-state index in [1.54, 1.807) is 0 Å². The molecule has 0 bridgehead atoms. The quantitative estimate of drug-likeness (QED) is 0.137. The molecule has 0 aliphatic carbocycles. The van der Waals surface area contributed by atoms with Crippen molar-refractivity contribution < 1.29 is 0 Å². The van der Waals surface area contributed by atoms with Gasteiger partial charge in [0.15, 0.2) is 11.6 Å². The van der Waals surface area contributed by atoms with Gasteiger partial charge in [-0.25, -0.2) is 4.98 Å². The van der Waals surface area contributed by atoms with E-state index >= 15 is 0 Å². The van der Waals surface area contributed by atoms with Crippen molar-refractivity contribution in [2.45, 2.75) is 6.92 Å². The summed E-state index contributed by atoms with van der Waals surface area (Å²) in [7, 11) is 0. The fourth-order valence-corrected chi connectivity index (χ4v) is 9.09. The lowest BCUT2D eigenvalue weighted by atomic mass is 9.96. The molecule has 8 aromatic carbocycles. The first-order valence-electron chi connectivity index (χ1n) is 21.2. The van der Waals surface area contributed by atoms with Gasteiger partial charge in [-0.1, -0.05) is 213 Å². The molecular formula is C58H41N5. The van der Waals surface area contributed by atoms with E-state index in [0.29, 0.717) is 17.6 Å². The maximum Gasteiger partial charge on any atom is 0.238 e. The van der Waals surface area contributed by atoms with Gasteiger partial charge in [0.25, 0.3) is 0 Å². The molecule has 0 atom stereocenters. The van der Waals surface area contributed by atoms with Gasteiger partial charge in [-0.15, -0.1) is 0 Å². The predicted molar refractivity (Wildman–Crippen MR) is 262 cm³/mol. The Labute approximate surface area is 366 Å². The number of allylic oxidation sites excluding steroid dienone is 2. The molecule has 0 saturated heterocycles. The molecule has 5 nitrogen and oxygen atoms in total. The summed E-state index contributed by atoms with van der Waals surface area (Å²) < 4.78 is 4.68. The second kappa shape index (κ2) is 15.9. The van der Waals surface area contributed by atoms with Gasteiger partial charge >= 0.3 is 0 Å². The minimum Gasteiger partial charge on any atom is -0.311 e. The zero-order chi connectivity index (χ0) is 42.3. The van der Waals surface area contributed by atoms with E-state index in [1.165, 1.54) is 5.56 Å². The number of para-hydroxylation sites is 2. The molecule has 0 aliphatic heterocycles. The first-order chi connectivity index (χ1) is 31.2. The molecule has 3 aromatic heterocycles. The van der Waals surface area contributed by atoms with Crippen LogP contribution in [-0.2, 0) is 0 Å². The highest BCUT2D eigenvalue weighted by Gasteiger charge is 2.25. The maximum absolute atomic E-state index is 5.48. The Hall–Kier alpha value is -8.41. The summed E-state index contributed by atoms with van der Waals surface area (Å²) in [5, 5.41) is 3.34. The summed E-state index contributed by atoms with van der Waals surface area (Å²) in [5.74, 6) is 1.73. The van der Waals surface area contributed by atoms with E-state index in [1.807, 2.05) is 36.4 Å². The third kappa shape index (κ3) is 6.55. The number of rotatable bonds is 9. The average molecular weight is 808 g/mol. The Morgan fingerprint density at radius 2 is 0.937 bits per heavy atom. The molecule has 11 aromatic rings. The van der Waals surface area contributed by atoms with Crippen molar-refractivity contribution in [2.75, 3.05) is 0 Å². The minimum absolute atomic E-state index is 0.539. The van der Waals surface area contributed by atoms with E-state index in [9.17, 15) is 0 Å². The van der Waals surface area contributed by atoms with E-state index < -0.39 is 0 Å². The molecule has 11 rings (SSSR count). The van der Waals surface area contributed by atoms with Crippen LogP contribution in [-0.4, -0.2) is 24.1 Å².